The summed E-state index contributed by atoms with van der Waals surface area (Å²) in [5.41, 5.74) is 3.49. The molecule has 28 heavy (non-hydrogen) atoms. The summed E-state index contributed by atoms with van der Waals surface area (Å²) in [5, 5.41) is 21.1. The van der Waals surface area contributed by atoms with Crippen LogP contribution in [0.25, 0.3) is 10.9 Å². The number of benzene rings is 2. The molecule has 0 saturated carbocycles. The maximum atomic E-state index is 14.3. The monoisotopic (exact) mass is 392 g/mol. The highest BCUT2D eigenvalue weighted by atomic mass is 19.1. The Morgan fingerprint density at radius 3 is 2.68 bits per heavy atom. The molecule has 0 fully saturated rings. The van der Waals surface area contributed by atoms with E-state index < -0.39 is 37.6 Å². The van der Waals surface area contributed by atoms with Crippen LogP contribution in [0.1, 0.15) is 33.2 Å². The van der Waals surface area contributed by atoms with Gasteiger partial charge in [-0.1, -0.05) is 44.0 Å². The van der Waals surface area contributed by atoms with Crippen molar-refractivity contribution < 1.29 is 27.6 Å². The molecule has 0 aliphatic heterocycles. The van der Waals surface area contributed by atoms with Crippen LogP contribution >= 0.6 is 0 Å². The summed E-state index contributed by atoms with van der Waals surface area (Å²) in [6.45, 7) is -7.78. The van der Waals surface area contributed by atoms with E-state index in [4.69, 9.17) is 18.7 Å². The number of nitrogen functional groups attached to an aromatic ring is 1. The van der Waals surface area contributed by atoms with Gasteiger partial charge in [0.05, 0.1) is 43.7 Å². The van der Waals surface area contributed by atoms with E-state index in [1.165, 1.54) is 16.7 Å². The van der Waals surface area contributed by atoms with Crippen molar-refractivity contribution in [2.24, 2.45) is 0 Å². The molecule has 0 bridgehead atoms. The zero-order chi connectivity index (χ0) is 25.3. The molecule has 0 aliphatic rings. The molecule has 1 heterocycles. The molecule has 150 valence electrons. The van der Waals surface area contributed by atoms with Crippen LogP contribution in [-0.4, -0.2) is 34.1 Å². The summed E-state index contributed by atoms with van der Waals surface area (Å²) in [6.07, 6.45) is -1.19. The standard InChI is InChI=1S/C22H27FN2O3/c1-22(2,14-26)21-9-16-8-19(24)18(23)10-20(16)25(21)11-17(27)13-28-12-15-6-4-3-5-7-15/h3-10,17,26-27H,11-14,24H2,1-2H3/t17-/m1/s1/i1D3,2D3. The first-order valence-electron chi connectivity index (χ1n) is 11.8. The van der Waals surface area contributed by atoms with Gasteiger partial charge in [0.25, 0.3) is 0 Å². The molecule has 0 spiro atoms. The van der Waals surface area contributed by atoms with Crippen molar-refractivity contribution >= 4 is 16.6 Å². The highest BCUT2D eigenvalue weighted by Gasteiger charge is 2.26. The van der Waals surface area contributed by atoms with Crippen molar-refractivity contribution in [2.75, 3.05) is 18.9 Å². The van der Waals surface area contributed by atoms with Crippen LogP contribution in [0.3, 0.4) is 0 Å². The lowest BCUT2D eigenvalue weighted by Crippen LogP contribution is -2.29. The number of nitrogens with zero attached hydrogens (tertiary/aromatic N) is 1. The van der Waals surface area contributed by atoms with Crippen molar-refractivity contribution in [3.63, 3.8) is 0 Å². The van der Waals surface area contributed by atoms with Crippen LogP contribution in [-0.2, 0) is 23.3 Å². The third-order valence-electron chi connectivity index (χ3n) is 4.51. The fourth-order valence-corrected chi connectivity index (χ4v) is 3.08. The van der Waals surface area contributed by atoms with E-state index in [0.717, 1.165) is 11.6 Å². The number of aliphatic hydroxyl groups excluding tert-OH is 2. The number of ether oxygens (including phenoxy) is 1. The van der Waals surface area contributed by atoms with E-state index in [2.05, 4.69) is 0 Å². The zero-order valence-corrected chi connectivity index (χ0v) is 15.2. The Balaban J connectivity index is 2.05. The van der Waals surface area contributed by atoms with Crippen molar-refractivity contribution in [2.45, 2.75) is 38.4 Å². The number of rotatable bonds is 8. The van der Waals surface area contributed by atoms with Crippen molar-refractivity contribution in [3.05, 3.63) is 65.6 Å². The van der Waals surface area contributed by atoms with E-state index in [1.54, 1.807) is 0 Å². The van der Waals surface area contributed by atoms with Gasteiger partial charge in [0.15, 0.2) is 0 Å². The average Bonchev–Trinajstić information content (AvgIpc) is 3.05. The summed E-state index contributed by atoms with van der Waals surface area (Å²) >= 11 is 0. The molecule has 3 rings (SSSR count). The average molecular weight is 393 g/mol. The number of aromatic nitrogens is 1. The predicted octanol–water partition coefficient (Wildman–Crippen LogP) is 3.21. The maximum Gasteiger partial charge on any atom is 0.148 e. The molecule has 5 nitrogen and oxygen atoms in total. The summed E-state index contributed by atoms with van der Waals surface area (Å²) < 4.78 is 69.0. The van der Waals surface area contributed by atoms with Crippen LogP contribution < -0.4 is 5.73 Å². The van der Waals surface area contributed by atoms with E-state index in [9.17, 15) is 14.6 Å². The van der Waals surface area contributed by atoms with Crippen LogP contribution in [0.15, 0.2) is 48.5 Å². The van der Waals surface area contributed by atoms with Gasteiger partial charge in [-0.3, -0.25) is 0 Å². The molecule has 3 aromatic rings. The van der Waals surface area contributed by atoms with Gasteiger partial charge in [0.2, 0.25) is 0 Å². The van der Waals surface area contributed by atoms with E-state index in [0.29, 0.717) is 0 Å². The van der Waals surface area contributed by atoms with Crippen molar-refractivity contribution in [1.82, 2.24) is 4.57 Å². The summed E-state index contributed by atoms with van der Waals surface area (Å²) in [5.74, 6) is -0.786. The second kappa shape index (κ2) is 8.31. The number of aliphatic hydroxyl groups is 2. The highest BCUT2D eigenvalue weighted by molar-refractivity contribution is 5.85. The summed E-state index contributed by atoms with van der Waals surface area (Å²) in [4.78, 5) is 0. The minimum Gasteiger partial charge on any atom is -0.396 e. The molecule has 6 heteroatoms. The molecule has 1 aromatic heterocycles. The molecule has 1 atom stereocenters. The Kier molecular flexibility index (Phi) is 4.07. The number of hydrogen-bond acceptors (Lipinski definition) is 4. The number of anilines is 1. The number of hydrogen-bond donors (Lipinski definition) is 3. The quantitative estimate of drug-likeness (QED) is 0.514. The first-order valence-corrected chi connectivity index (χ1v) is 8.81. The van der Waals surface area contributed by atoms with Crippen LogP contribution in [0.5, 0.6) is 0 Å². The van der Waals surface area contributed by atoms with Gasteiger partial charge in [-0.15, -0.1) is 0 Å². The number of halogens is 1. The topological polar surface area (TPSA) is 80.6 Å². The van der Waals surface area contributed by atoms with Gasteiger partial charge >= 0.3 is 0 Å². The van der Waals surface area contributed by atoms with E-state index >= 15 is 0 Å². The molecular weight excluding hydrogens is 359 g/mol. The molecule has 0 amide bonds. The smallest absolute Gasteiger partial charge is 0.148 e. The Bertz CT molecular complexity index is 1120. The lowest BCUT2D eigenvalue weighted by Gasteiger charge is -2.26. The lowest BCUT2D eigenvalue weighted by atomic mass is 9.90. The number of nitrogens with two attached hydrogens (primary N) is 1. The van der Waals surface area contributed by atoms with Crippen LogP contribution in [0.4, 0.5) is 10.1 Å². The summed E-state index contributed by atoms with van der Waals surface area (Å²) in [6, 6.07) is 12.8. The Morgan fingerprint density at radius 1 is 1.25 bits per heavy atom. The van der Waals surface area contributed by atoms with Gasteiger partial charge in [0, 0.05) is 30.8 Å². The minimum absolute atomic E-state index is 0.134. The minimum atomic E-state index is -3.15. The largest absolute Gasteiger partial charge is 0.396 e. The van der Waals surface area contributed by atoms with Gasteiger partial charge in [-0.2, -0.15) is 0 Å². The maximum absolute atomic E-state index is 14.3. The third-order valence-corrected chi connectivity index (χ3v) is 4.51. The van der Waals surface area contributed by atoms with Crippen molar-refractivity contribution in [3.8, 4) is 0 Å². The second-order valence-corrected chi connectivity index (χ2v) is 6.79. The molecule has 0 saturated heterocycles. The molecule has 2 aromatic carbocycles. The van der Waals surface area contributed by atoms with E-state index in [1.807, 2.05) is 30.3 Å². The lowest BCUT2D eigenvalue weighted by molar-refractivity contribution is 0.0201. The van der Waals surface area contributed by atoms with Gasteiger partial charge in [-0.25, -0.2) is 4.39 Å². The Morgan fingerprint density at radius 2 is 2.00 bits per heavy atom. The molecule has 0 unspecified atom stereocenters. The second-order valence-electron chi connectivity index (χ2n) is 6.79. The SMILES string of the molecule is [2H]C([2H])([2H])C(CO)(c1cc2cc(N)c(F)cc2n1C[C@@H](O)COCc1ccccc1)C([2H])([2H])[2H]. The highest BCUT2D eigenvalue weighted by Crippen LogP contribution is 2.32. The van der Waals surface area contributed by atoms with Crippen LogP contribution in [0.2, 0.25) is 0 Å². The Hall–Kier alpha value is -2.41. The molecule has 4 N–H and O–H groups in total. The molecular formula is C22H27FN2O3. The predicted molar refractivity (Wildman–Crippen MR) is 109 cm³/mol. The normalized spacial score (nSPS) is 17.2. The summed E-state index contributed by atoms with van der Waals surface area (Å²) in [7, 11) is 0. The Labute approximate surface area is 172 Å². The first kappa shape index (κ1) is 13.7. The van der Waals surface area contributed by atoms with Gasteiger partial charge < -0.3 is 25.3 Å². The fraction of sp³-hybridized carbons (Fsp3) is 0.364. The fourth-order valence-electron chi connectivity index (χ4n) is 3.08. The molecule has 0 radical (unpaired) electrons. The third kappa shape index (κ3) is 4.35. The van der Waals surface area contributed by atoms with E-state index in [-0.39, 0.29) is 42.0 Å². The molecule has 0 aliphatic carbocycles. The van der Waals surface area contributed by atoms with Crippen molar-refractivity contribution in [1.29, 1.82) is 0 Å². The number of fused-ring (bicyclic) bond motifs is 1. The van der Waals surface area contributed by atoms with Gasteiger partial charge in [-0.05, 0) is 17.7 Å². The first-order chi connectivity index (χ1) is 15.8. The van der Waals surface area contributed by atoms with Crippen LogP contribution in [0, 0.1) is 5.82 Å². The zero-order valence-electron chi connectivity index (χ0n) is 21.2. The van der Waals surface area contributed by atoms with Gasteiger partial charge in [0.1, 0.15) is 5.82 Å².